The van der Waals surface area contributed by atoms with Gasteiger partial charge in [-0.25, -0.2) is 0 Å². The zero-order valence-corrected chi connectivity index (χ0v) is 4.46. The average molecular weight is 109 g/mol. The minimum Gasteiger partial charge on any atom is -0.303 e. The van der Waals surface area contributed by atoms with E-state index in [0.717, 1.165) is 13.0 Å². The van der Waals surface area contributed by atoms with Crippen LogP contribution in [-0.2, 0) is 0 Å². The maximum Gasteiger partial charge on any atom is 0.0734 e. The van der Waals surface area contributed by atoms with Crippen LogP contribution in [-0.4, -0.2) is 24.5 Å². The summed E-state index contributed by atoms with van der Waals surface area (Å²) >= 11 is 0. The van der Waals surface area contributed by atoms with Crippen LogP contribution in [0.15, 0.2) is 10.2 Å². The molecule has 0 amide bonds. The summed E-state index contributed by atoms with van der Waals surface area (Å²) in [7, 11) is 0. The highest BCUT2D eigenvalue weighted by Crippen LogP contribution is 2.19. The third-order valence-electron chi connectivity index (χ3n) is 1.54. The molecule has 1 fully saturated rings. The van der Waals surface area contributed by atoms with Gasteiger partial charge in [-0.1, -0.05) is 0 Å². The summed E-state index contributed by atoms with van der Waals surface area (Å²) in [6.07, 6.45) is 4.74. The van der Waals surface area contributed by atoms with Crippen molar-refractivity contribution in [2.75, 3.05) is 6.54 Å². The van der Waals surface area contributed by atoms with Crippen LogP contribution in [0.25, 0.3) is 0 Å². The molecule has 2 aliphatic rings. The monoisotopic (exact) mass is 109 g/mol. The average Bonchev–Trinajstić information content (AvgIpc) is 2.52. The first-order valence-corrected chi connectivity index (χ1v) is 2.72. The van der Waals surface area contributed by atoms with Gasteiger partial charge in [-0.15, -0.1) is 0 Å². The molecule has 2 rings (SSSR count). The lowest BCUT2D eigenvalue weighted by Crippen LogP contribution is -2.19. The summed E-state index contributed by atoms with van der Waals surface area (Å²) in [4.78, 5) is 0. The fraction of sp³-hybridized carbons (Fsp3) is 0.600. The third kappa shape index (κ3) is 0.479. The van der Waals surface area contributed by atoms with Gasteiger partial charge in [0.25, 0.3) is 0 Å². The molecule has 0 radical (unpaired) electrons. The Bertz CT molecular complexity index is 155. The zero-order valence-electron chi connectivity index (χ0n) is 4.46. The molecule has 0 aromatic carbocycles. The predicted molar refractivity (Wildman–Crippen MR) is 32.3 cm³/mol. The molecule has 8 heavy (non-hydrogen) atoms. The van der Waals surface area contributed by atoms with E-state index in [4.69, 9.17) is 0 Å². The standard InChI is InChI=1S/C5H7N3/c1-2-7-8-4-5(1)3-6-5/h2,4,6H,1,3H2. The van der Waals surface area contributed by atoms with Crippen LogP contribution in [0.1, 0.15) is 6.42 Å². The van der Waals surface area contributed by atoms with E-state index in [2.05, 4.69) is 15.5 Å². The molecule has 2 aliphatic heterocycles. The van der Waals surface area contributed by atoms with Gasteiger partial charge in [-0.05, 0) is 0 Å². The predicted octanol–water partition coefficient (Wildman–Crippen LogP) is -0.211. The second kappa shape index (κ2) is 1.17. The van der Waals surface area contributed by atoms with Crippen LogP contribution in [0.3, 0.4) is 0 Å². The first-order chi connectivity index (χ1) is 3.91. The molecule has 0 aliphatic carbocycles. The molecule has 0 aromatic rings. The summed E-state index contributed by atoms with van der Waals surface area (Å²) in [5.41, 5.74) is 0.238. The fourth-order valence-corrected chi connectivity index (χ4v) is 0.797. The zero-order chi connectivity index (χ0) is 5.45. The second-order valence-corrected chi connectivity index (χ2v) is 2.26. The Morgan fingerprint density at radius 2 is 2.38 bits per heavy atom. The van der Waals surface area contributed by atoms with Crippen molar-refractivity contribution in [3.05, 3.63) is 0 Å². The molecule has 1 atom stereocenters. The summed E-state index contributed by atoms with van der Waals surface area (Å²) < 4.78 is 0. The van der Waals surface area contributed by atoms with Gasteiger partial charge in [0.1, 0.15) is 0 Å². The van der Waals surface area contributed by atoms with Crippen molar-refractivity contribution in [3.8, 4) is 0 Å². The van der Waals surface area contributed by atoms with E-state index in [-0.39, 0.29) is 5.54 Å². The summed E-state index contributed by atoms with van der Waals surface area (Å²) in [6.45, 7) is 1.07. The van der Waals surface area contributed by atoms with Crippen molar-refractivity contribution in [3.63, 3.8) is 0 Å². The number of hydrogen-bond acceptors (Lipinski definition) is 3. The van der Waals surface area contributed by atoms with E-state index in [1.54, 1.807) is 0 Å². The maximum absolute atomic E-state index is 3.77. The highest BCUT2D eigenvalue weighted by Gasteiger charge is 2.40. The number of nitrogens with zero attached hydrogens (tertiary/aromatic N) is 2. The normalized spacial score (nSPS) is 41.0. The third-order valence-corrected chi connectivity index (χ3v) is 1.54. The number of nitrogens with one attached hydrogen (secondary N) is 1. The van der Waals surface area contributed by atoms with Crippen molar-refractivity contribution in [2.24, 2.45) is 10.2 Å². The van der Waals surface area contributed by atoms with Gasteiger partial charge in [0.05, 0.1) is 5.54 Å². The van der Waals surface area contributed by atoms with Crippen LogP contribution in [0, 0.1) is 0 Å². The molecule has 1 N–H and O–H groups in total. The first kappa shape index (κ1) is 4.21. The molecule has 1 unspecified atom stereocenters. The Kier molecular flexibility index (Phi) is 0.615. The number of rotatable bonds is 0. The largest absolute Gasteiger partial charge is 0.303 e. The molecular formula is C5H7N3. The highest BCUT2D eigenvalue weighted by molar-refractivity contribution is 5.82. The Morgan fingerprint density at radius 1 is 1.50 bits per heavy atom. The molecule has 0 aromatic heterocycles. The van der Waals surface area contributed by atoms with E-state index in [1.807, 2.05) is 12.4 Å². The van der Waals surface area contributed by atoms with Crippen molar-refractivity contribution in [1.29, 1.82) is 0 Å². The molecule has 1 saturated heterocycles. The summed E-state index contributed by atoms with van der Waals surface area (Å²) in [6, 6.07) is 0. The lowest BCUT2D eigenvalue weighted by Gasteiger charge is -2.03. The maximum atomic E-state index is 3.77. The smallest absolute Gasteiger partial charge is 0.0734 e. The van der Waals surface area contributed by atoms with Crippen molar-refractivity contribution in [2.45, 2.75) is 12.0 Å². The molecular weight excluding hydrogens is 102 g/mol. The van der Waals surface area contributed by atoms with Gasteiger partial charge in [-0.3, -0.25) is 0 Å². The molecule has 0 saturated carbocycles. The van der Waals surface area contributed by atoms with Crippen LogP contribution in [0.2, 0.25) is 0 Å². The number of hydrogen-bond donors (Lipinski definition) is 1. The van der Waals surface area contributed by atoms with Crippen molar-refractivity contribution in [1.82, 2.24) is 5.32 Å². The first-order valence-electron chi connectivity index (χ1n) is 2.72. The Labute approximate surface area is 47.5 Å². The quantitative estimate of drug-likeness (QED) is 0.430. The van der Waals surface area contributed by atoms with Crippen LogP contribution >= 0.6 is 0 Å². The minimum absolute atomic E-state index is 0.238. The van der Waals surface area contributed by atoms with Crippen molar-refractivity contribution < 1.29 is 0 Å². The lowest BCUT2D eigenvalue weighted by atomic mass is 10.1. The molecule has 0 bridgehead atoms. The molecule has 3 nitrogen and oxygen atoms in total. The van der Waals surface area contributed by atoms with E-state index in [9.17, 15) is 0 Å². The topological polar surface area (TPSA) is 46.7 Å². The van der Waals surface area contributed by atoms with Gasteiger partial charge in [0.2, 0.25) is 0 Å². The Hall–Kier alpha value is -0.700. The van der Waals surface area contributed by atoms with Gasteiger partial charge >= 0.3 is 0 Å². The van der Waals surface area contributed by atoms with Gasteiger partial charge in [-0.2, -0.15) is 10.2 Å². The summed E-state index contributed by atoms with van der Waals surface area (Å²) in [5, 5.41) is 10.7. The van der Waals surface area contributed by atoms with Crippen molar-refractivity contribution >= 4 is 12.4 Å². The minimum atomic E-state index is 0.238. The molecule has 1 spiro atoms. The molecule has 3 heteroatoms. The lowest BCUT2D eigenvalue weighted by molar-refractivity contribution is 0.864. The Balaban J connectivity index is 2.20. The van der Waals surface area contributed by atoms with Crippen LogP contribution < -0.4 is 5.32 Å². The van der Waals surface area contributed by atoms with E-state index in [0.29, 0.717) is 0 Å². The van der Waals surface area contributed by atoms with Gasteiger partial charge < -0.3 is 5.32 Å². The van der Waals surface area contributed by atoms with E-state index >= 15 is 0 Å². The van der Waals surface area contributed by atoms with Crippen LogP contribution in [0.5, 0.6) is 0 Å². The van der Waals surface area contributed by atoms with Gasteiger partial charge in [0.15, 0.2) is 0 Å². The molecule has 42 valence electrons. The SMILES string of the molecule is C1=NN=CC2(C1)CN2. The summed E-state index contributed by atoms with van der Waals surface area (Å²) in [5.74, 6) is 0. The second-order valence-electron chi connectivity index (χ2n) is 2.26. The van der Waals surface area contributed by atoms with Crippen LogP contribution in [0.4, 0.5) is 0 Å². The Morgan fingerprint density at radius 3 is 2.75 bits per heavy atom. The highest BCUT2D eigenvalue weighted by atomic mass is 15.3. The van der Waals surface area contributed by atoms with Gasteiger partial charge in [0, 0.05) is 25.4 Å². The van der Waals surface area contributed by atoms with E-state index < -0.39 is 0 Å². The molecule has 2 heterocycles. The van der Waals surface area contributed by atoms with E-state index in [1.165, 1.54) is 0 Å². The fourth-order valence-electron chi connectivity index (χ4n) is 0.797.